The Labute approximate surface area is 70.5 Å². The Bertz CT molecular complexity index is 173. The van der Waals surface area contributed by atoms with Gasteiger partial charge in [-0.1, -0.05) is 0 Å². The predicted octanol–water partition coefficient (Wildman–Crippen LogP) is -0.254. The Morgan fingerprint density at radius 3 is 2.92 bits per heavy atom. The number of nitrogens with zero attached hydrogens (tertiary/aromatic N) is 1. The van der Waals surface area contributed by atoms with E-state index in [4.69, 9.17) is 14.9 Å². The van der Waals surface area contributed by atoms with Gasteiger partial charge in [0.15, 0.2) is 0 Å². The van der Waals surface area contributed by atoms with Crippen LogP contribution in [0.2, 0.25) is 0 Å². The molecular weight excluding hydrogens is 162 g/mol. The molecule has 1 heterocycles. The number of ether oxygens (including phenoxy) is 1. The maximum absolute atomic E-state index is 10.6. The normalized spacial score (nSPS) is 30.3. The van der Waals surface area contributed by atoms with Crippen LogP contribution in [0.15, 0.2) is 0 Å². The Morgan fingerprint density at radius 1 is 1.75 bits per heavy atom. The molecule has 1 saturated heterocycles. The van der Waals surface area contributed by atoms with Crippen molar-refractivity contribution in [2.45, 2.75) is 19.1 Å². The molecule has 1 aliphatic heterocycles. The number of carboxylic acid groups (broad SMARTS) is 1. The summed E-state index contributed by atoms with van der Waals surface area (Å²) in [5.74, 6) is 0. The number of morpholine rings is 1. The topological polar surface area (TPSA) is 70.0 Å². The highest BCUT2D eigenvalue weighted by molar-refractivity contribution is 5.65. The van der Waals surface area contributed by atoms with E-state index in [0.29, 0.717) is 6.61 Å². The fraction of sp³-hybridized carbons (Fsp3) is 0.857. The van der Waals surface area contributed by atoms with Gasteiger partial charge in [-0.25, -0.2) is 4.79 Å². The fourth-order valence-corrected chi connectivity index (χ4v) is 1.19. The van der Waals surface area contributed by atoms with Crippen LogP contribution in [-0.4, -0.2) is 53.1 Å². The molecular formula is C7H13NO4. The molecule has 0 bridgehead atoms. The molecule has 0 spiro atoms. The van der Waals surface area contributed by atoms with Crippen LogP contribution in [0.3, 0.4) is 0 Å². The molecule has 1 aliphatic rings. The Hall–Kier alpha value is -0.810. The third-order valence-corrected chi connectivity index (χ3v) is 1.95. The second kappa shape index (κ2) is 3.73. The van der Waals surface area contributed by atoms with Crippen LogP contribution < -0.4 is 0 Å². The van der Waals surface area contributed by atoms with Crippen LogP contribution in [0.4, 0.5) is 4.79 Å². The van der Waals surface area contributed by atoms with Gasteiger partial charge in [0.05, 0.1) is 31.9 Å². The lowest BCUT2D eigenvalue weighted by molar-refractivity contribution is -0.0687. The van der Waals surface area contributed by atoms with Gasteiger partial charge in [0.25, 0.3) is 0 Å². The first-order valence-electron chi connectivity index (χ1n) is 3.87. The van der Waals surface area contributed by atoms with E-state index in [1.165, 1.54) is 4.90 Å². The molecule has 2 N–H and O–H groups in total. The summed E-state index contributed by atoms with van der Waals surface area (Å²) in [5.41, 5.74) is 0. The number of carbonyl (C=O) groups is 1. The van der Waals surface area contributed by atoms with Crippen molar-refractivity contribution < 1.29 is 19.7 Å². The minimum absolute atomic E-state index is 0.120. The summed E-state index contributed by atoms with van der Waals surface area (Å²) in [6.07, 6.45) is -1.32. The van der Waals surface area contributed by atoms with E-state index in [0.717, 1.165) is 0 Å². The lowest BCUT2D eigenvalue weighted by atomic mass is 10.2. The van der Waals surface area contributed by atoms with Crippen molar-refractivity contribution in [1.82, 2.24) is 4.90 Å². The molecule has 1 amide bonds. The van der Waals surface area contributed by atoms with Crippen molar-refractivity contribution in [1.29, 1.82) is 0 Å². The van der Waals surface area contributed by atoms with Crippen molar-refractivity contribution in [3.8, 4) is 0 Å². The monoisotopic (exact) mass is 175 g/mol. The van der Waals surface area contributed by atoms with E-state index < -0.39 is 6.09 Å². The molecule has 0 aromatic heterocycles. The van der Waals surface area contributed by atoms with Gasteiger partial charge in [-0.05, 0) is 6.92 Å². The van der Waals surface area contributed by atoms with Gasteiger partial charge in [-0.3, -0.25) is 0 Å². The highest BCUT2D eigenvalue weighted by Crippen LogP contribution is 2.10. The summed E-state index contributed by atoms with van der Waals surface area (Å²) in [6.45, 7) is 2.27. The fourth-order valence-electron chi connectivity index (χ4n) is 1.19. The number of hydrogen-bond donors (Lipinski definition) is 2. The summed E-state index contributed by atoms with van der Waals surface area (Å²) in [5, 5.41) is 17.4. The van der Waals surface area contributed by atoms with Gasteiger partial charge < -0.3 is 19.8 Å². The Kier molecular flexibility index (Phi) is 2.88. The first-order valence-corrected chi connectivity index (χ1v) is 3.87. The van der Waals surface area contributed by atoms with Gasteiger partial charge in [-0.2, -0.15) is 0 Å². The van der Waals surface area contributed by atoms with E-state index in [2.05, 4.69) is 0 Å². The zero-order valence-electron chi connectivity index (χ0n) is 6.93. The van der Waals surface area contributed by atoms with Crippen LogP contribution in [0.1, 0.15) is 6.92 Å². The quantitative estimate of drug-likeness (QED) is 0.576. The minimum Gasteiger partial charge on any atom is -0.465 e. The Morgan fingerprint density at radius 2 is 2.42 bits per heavy atom. The average Bonchev–Trinajstić information content (AvgIpc) is 2.05. The van der Waals surface area contributed by atoms with Crippen LogP contribution in [-0.2, 0) is 4.74 Å². The van der Waals surface area contributed by atoms with Crippen molar-refractivity contribution in [2.24, 2.45) is 0 Å². The zero-order chi connectivity index (χ0) is 9.14. The summed E-state index contributed by atoms with van der Waals surface area (Å²) < 4.78 is 5.16. The van der Waals surface area contributed by atoms with Gasteiger partial charge in [0.1, 0.15) is 0 Å². The Balaban J connectivity index is 2.53. The van der Waals surface area contributed by atoms with E-state index >= 15 is 0 Å². The van der Waals surface area contributed by atoms with E-state index in [9.17, 15) is 4.79 Å². The first-order chi connectivity index (χ1) is 5.65. The lowest BCUT2D eigenvalue weighted by Crippen LogP contribution is -2.51. The third kappa shape index (κ3) is 1.86. The van der Waals surface area contributed by atoms with Crippen LogP contribution in [0, 0.1) is 0 Å². The molecule has 0 unspecified atom stereocenters. The molecule has 0 aromatic carbocycles. The van der Waals surface area contributed by atoms with E-state index in [1.54, 1.807) is 6.92 Å². The van der Waals surface area contributed by atoms with Crippen LogP contribution in [0.25, 0.3) is 0 Å². The first kappa shape index (κ1) is 9.28. The summed E-state index contributed by atoms with van der Waals surface area (Å²) in [6, 6.07) is -0.120. The molecule has 0 saturated carbocycles. The third-order valence-electron chi connectivity index (χ3n) is 1.95. The molecule has 70 valence electrons. The zero-order valence-corrected chi connectivity index (χ0v) is 6.93. The highest BCUT2D eigenvalue weighted by atomic mass is 16.5. The summed E-state index contributed by atoms with van der Waals surface area (Å²) in [7, 11) is 0. The second-order valence-corrected chi connectivity index (χ2v) is 2.92. The van der Waals surface area contributed by atoms with Crippen molar-refractivity contribution >= 4 is 6.09 Å². The minimum atomic E-state index is -0.954. The number of hydrogen-bond acceptors (Lipinski definition) is 3. The van der Waals surface area contributed by atoms with Crippen LogP contribution >= 0.6 is 0 Å². The average molecular weight is 175 g/mol. The predicted molar refractivity (Wildman–Crippen MR) is 41.0 cm³/mol. The molecule has 5 nitrogen and oxygen atoms in total. The van der Waals surface area contributed by atoms with Gasteiger partial charge in [0, 0.05) is 0 Å². The van der Waals surface area contributed by atoms with E-state index in [-0.39, 0.29) is 25.3 Å². The summed E-state index contributed by atoms with van der Waals surface area (Å²) >= 11 is 0. The molecule has 0 radical (unpaired) electrons. The molecule has 0 aliphatic carbocycles. The highest BCUT2D eigenvalue weighted by Gasteiger charge is 2.28. The van der Waals surface area contributed by atoms with Crippen LogP contribution in [0.5, 0.6) is 0 Å². The van der Waals surface area contributed by atoms with Gasteiger partial charge >= 0.3 is 6.09 Å². The number of rotatable bonds is 1. The molecule has 0 aromatic rings. The summed E-state index contributed by atoms with van der Waals surface area (Å²) in [4.78, 5) is 11.9. The second-order valence-electron chi connectivity index (χ2n) is 2.92. The number of aliphatic hydroxyl groups excluding tert-OH is 1. The standard InChI is InChI=1S/C7H13NO4/c1-5-4-12-6(3-9)2-8(5)7(10)11/h5-6,9H,2-4H2,1H3,(H,10,11)/t5-,6+/m1/s1. The number of aliphatic hydroxyl groups is 1. The van der Waals surface area contributed by atoms with Gasteiger partial charge in [-0.15, -0.1) is 0 Å². The lowest BCUT2D eigenvalue weighted by Gasteiger charge is -2.35. The molecule has 12 heavy (non-hydrogen) atoms. The number of amides is 1. The smallest absolute Gasteiger partial charge is 0.407 e. The van der Waals surface area contributed by atoms with E-state index in [1.807, 2.05) is 0 Å². The van der Waals surface area contributed by atoms with Gasteiger partial charge in [0.2, 0.25) is 0 Å². The maximum Gasteiger partial charge on any atom is 0.407 e. The molecule has 1 fully saturated rings. The van der Waals surface area contributed by atoms with Crippen molar-refractivity contribution in [2.75, 3.05) is 19.8 Å². The molecule has 1 rings (SSSR count). The maximum atomic E-state index is 10.6. The molecule has 5 heteroatoms. The molecule has 2 atom stereocenters. The van der Waals surface area contributed by atoms with Crippen molar-refractivity contribution in [3.05, 3.63) is 0 Å². The van der Waals surface area contributed by atoms with Crippen molar-refractivity contribution in [3.63, 3.8) is 0 Å². The largest absolute Gasteiger partial charge is 0.465 e. The SMILES string of the molecule is C[C@@H]1CO[C@H](CO)CN1C(=O)O.